The molecule has 0 spiro atoms. The van der Waals surface area contributed by atoms with Crippen LogP contribution in [0.3, 0.4) is 0 Å². The first-order valence-corrected chi connectivity index (χ1v) is 17.3. The maximum atomic E-state index is 14.3. The lowest BCUT2D eigenvalue weighted by molar-refractivity contribution is -0.0122. The third-order valence-corrected chi connectivity index (χ3v) is 9.28. The summed E-state index contributed by atoms with van der Waals surface area (Å²) in [6, 6.07) is 9.79. The fourth-order valence-electron chi connectivity index (χ4n) is 5.13. The van der Waals surface area contributed by atoms with Gasteiger partial charge in [-0.1, -0.05) is 6.92 Å². The Balaban J connectivity index is 1.98. The van der Waals surface area contributed by atoms with Gasteiger partial charge in [-0.25, -0.2) is 13.2 Å². The topological polar surface area (TPSA) is 147 Å². The minimum Gasteiger partial charge on any atom is -0.497 e. The van der Waals surface area contributed by atoms with Crippen LogP contribution < -0.4 is 19.5 Å². The van der Waals surface area contributed by atoms with Crippen LogP contribution in [0.25, 0.3) is 0 Å². The predicted molar refractivity (Wildman–Crippen MR) is 177 cm³/mol. The summed E-state index contributed by atoms with van der Waals surface area (Å²) in [6.07, 6.45) is 1.69. The Hall–Kier alpha value is -3.55. The van der Waals surface area contributed by atoms with Crippen molar-refractivity contribution in [3.8, 4) is 11.5 Å². The number of ether oxygens (including phenoxy) is 3. The summed E-state index contributed by atoms with van der Waals surface area (Å²) in [5, 5.41) is 13.1. The van der Waals surface area contributed by atoms with E-state index in [9.17, 15) is 23.1 Å². The molecule has 0 saturated carbocycles. The smallest absolute Gasteiger partial charge is 0.317 e. The highest BCUT2D eigenvalue weighted by molar-refractivity contribution is 7.92. The summed E-state index contributed by atoms with van der Waals surface area (Å²) in [4.78, 5) is 30.2. The first-order chi connectivity index (χ1) is 21.7. The number of nitrogens with zero attached hydrogens (tertiary/aromatic N) is 2. The molecule has 1 aliphatic heterocycles. The van der Waals surface area contributed by atoms with Gasteiger partial charge in [0.25, 0.3) is 15.9 Å². The minimum absolute atomic E-state index is 0.0225. The Morgan fingerprint density at radius 3 is 2.46 bits per heavy atom. The highest BCUT2D eigenvalue weighted by Gasteiger charge is 2.31. The standard InChI is InChI=1S/C33H50N4O8S/c1-22(2)34-33(40)36(6)20-31-23(3)19-37(24(4)21-38)32(39)29-18-26(11-16-30(29)45-25(5)10-8-9-17-44-31)35-46(41,42)28-14-12-27(43-7)13-15-28/h11-16,18,22-25,31,35,38H,8-10,17,19-21H2,1-7H3,(H,34,40)/t23-,24+,25-,31-/m0/s1. The molecule has 0 aliphatic carbocycles. The molecule has 2 aromatic rings. The number of carbonyl (C=O) groups excluding carboxylic acids is 2. The van der Waals surface area contributed by atoms with Crippen LogP contribution in [-0.2, 0) is 14.8 Å². The zero-order chi connectivity index (χ0) is 34.0. The van der Waals surface area contributed by atoms with Crippen molar-refractivity contribution in [2.75, 3.05) is 45.2 Å². The third kappa shape index (κ3) is 10.2. The normalized spacial score (nSPS) is 20.6. The minimum atomic E-state index is -3.98. The van der Waals surface area contributed by atoms with E-state index in [1.54, 1.807) is 48.0 Å². The predicted octanol–water partition coefficient (Wildman–Crippen LogP) is 4.34. The van der Waals surface area contributed by atoms with Crippen molar-refractivity contribution in [1.29, 1.82) is 0 Å². The number of carbonyl (C=O) groups is 2. The molecule has 0 radical (unpaired) electrons. The Bertz CT molecular complexity index is 1400. The highest BCUT2D eigenvalue weighted by atomic mass is 32.2. The second-order valence-electron chi connectivity index (χ2n) is 12.3. The molecule has 1 aliphatic rings. The van der Waals surface area contributed by atoms with Crippen LogP contribution in [0.5, 0.6) is 11.5 Å². The van der Waals surface area contributed by atoms with Crippen LogP contribution in [0.15, 0.2) is 47.4 Å². The summed E-state index contributed by atoms with van der Waals surface area (Å²) in [5.74, 6) is 0.188. The number of sulfonamides is 1. The van der Waals surface area contributed by atoms with Crippen LogP contribution in [-0.4, -0.2) is 100 Å². The fourth-order valence-corrected chi connectivity index (χ4v) is 6.18. The van der Waals surface area contributed by atoms with Gasteiger partial charge in [0.1, 0.15) is 11.5 Å². The quantitative estimate of drug-likeness (QED) is 0.360. The maximum absolute atomic E-state index is 14.3. The largest absolute Gasteiger partial charge is 0.497 e. The van der Waals surface area contributed by atoms with Gasteiger partial charge in [0.05, 0.1) is 42.4 Å². The first kappa shape index (κ1) is 36.9. The Kier molecular flexibility index (Phi) is 13.5. The van der Waals surface area contributed by atoms with Gasteiger partial charge in [-0.2, -0.15) is 0 Å². The van der Waals surface area contributed by atoms with E-state index in [2.05, 4.69) is 10.0 Å². The average Bonchev–Trinajstić information content (AvgIpc) is 3.01. The number of amides is 3. The van der Waals surface area contributed by atoms with Crippen LogP contribution in [0, 0.1) is 5.92 Å². The van der Waals surface area contributed by atoms with Gasteiger partial charge in [-0.3, -0.25) is 9.52 Å². The second-order valence-corrected chi connectivity index (χ2v) is 14.0. The number of urea groups is 1. The highest BCUT2D eigenvalue weighted by Crippen LogP contribution is 2.30. The number of anilines is 1. The second kappa shape index (κ2) is 16.8. The maximum Gasteiger partial charge on any atom is 0.317 e. The molecule has 3 N–H and O–H groups in total. The Morgan fingerprint density at radius 2 is 1.83 bits per heavy atom. The lowest BCUT2D eigenvalue weighted by Gasteiger charge is -2.36. The Labute approximate surface area is 273 Å². The van der Waals surface area contributed by atoms with E-state index in [0.29, 0.717) is 31.1 Å². The van der Waals surface area contributed by atoms with Gasteiger partial charge < -0.3 is 34.4 Å². The zero-order valence-electron chi connectivity index (χ0n) is 28.0. The van der Waals surface area contributed by atoms with E-state index in [1.807, 2.05) is 27.7 Å². The van der Waals surface area contributed by atoms with Crippen LogP contribution in [0.4, 0.5) is 10.5 Å². The van der Waals surface area contributed by atoms with Gasteiger partial charge in [0.2, 0.25) is 0 Å². The molecule has 0 bridgehead atoms. The molecule has 0 fully saturated rings. The first-order valence-electron chi connectivity index (χ1n) is 15.8. The molecule has 0 unspecified atom stereocenters. The third-order valence-electron chi connectivity index (χ3n) is 7.89. The molecule has 256 valence electrons. The number of nitrogens with one attached hydrogen (secondary N) is 2. The number of aliphatic hydroxyl groups excluding tert-OH is 1. The van der Waals surface area contributed by atoms with Gasteiger partial charge in [0, 0.05) is 44.4 Å². The van der Waals surface area contributed by atoms with E-state index in [0.717, 1.165) is 12.8 Å². The summed E-state index contributed by atoms with van der Waals surface area (Å²) < 4.78 is 46.7. The average molecular weight is 663 g/mol. The fraction of sp³-hybridized carbons (Fsp3) is 0.576. The van der Waals surface area contributed by atoms with Crippen molar-refractivity contribution in [2.45, 2.75) is 83.1 Å². The molecular weight excluding hydrogens is 612 g/mol. The van der Waals surface area contributed by atoms with E-state index in [-0.39, 0.29) is 59.5 Å². The summed E-state index contributed by atoms with van der Waals surface area (Å²) >= 11 is 0. The molecule has 3 amide bonds. The number of methoxy groups -OCH3 is 1. The van der Waals surface area contributed by atoms with Crippen LogP contribution in [0.1, 0.15) is 64.2 Å². The number of rotatable bonds is 9. The van der Waals surface area contributed by atoms with Gasteiger partial charge in [0.15, 0.2) is 0 Å². The SMILES string of the molecule is COc1ccc(S(=O)(=O)Nc2ccc3c(c2)C(=O)N([C@H](C)CO)C[C@H](C)[C@H](CN(C)C(=O)NC(C)C)OCCCC[C@H](C)O3)cc1. The number of likely N-dealkylation sites (N-methyl/N-ethyl adjacent to an activating group) is 1. The number of hydrogen-bond acceptors (Lipinski definition) is 8. The van der Waals surface area contributed by atoms with Crippen LogP contribution >= 0.6 is 0 Å². The summed E-state index contributed by atoms with van der Waals surface area (Å²) in [6.45, 7) is 10.1. The number of aliphatic hydroxyl groups is 1. The number of hydrogen-bond donors (Lipinski definition) is 3. The van der Waals surface area contributed by atoms with Crippen molar-refractivity contribution < 1.29 is 37.3 Å². The lowest BCUT2D eigenvalue weighted by atomic mass is 10.0. The summed E-state index contributed by atoms with van der Waals surface area (Å²) in [7, 11) is -0.777. The van der Waals surface area contributed by atoms with Crippen molar-refractivity contribution in [3.63, 3.8) is 0 Å². The van der Waals surface area contributed by atoms with Crippen molar-refractivity contribution in [3.05, 3.63) is 48.0 Å². The lowest BCUT2D eigenvalue weighted by Crippen LogP contribution is -2.49. The molecule has 3 rings (SSSR count). The van der Waals surface area contributed by atoms with Gasteiger partial charge in [-0.15, -0.1) is 0 Å². The molecule has 1 heterocycles. The molecule has 13 heteroatoms. The van der Waals surface area contributed by atoms with Gasteiger partial charge in [-0.05, 0) is 89.4 Å². The monoisotopic (exact) mass is 662 g/mol. The molecular formula is C33H50N4O8S. The van der Waals surface area contributed by atoms with E-state index >= 15 is 0 Å². The van der Waals surface area contributed by atoms with E-state index < -0.39 is 22.0 Å². The van der Waals surface area contributed by atoms with Crippen molar-refractivity contribution in [1.82, 2.24) is 15.1 Å². The molecule has 12 nitrogen and oxygen atoms in total. The van der Waals surface area contributed by atoms with E-state index in [1.165, 1.54) is 25.3 Å². The Morgan fingerprint density at radius 1 is 1.13 bits per heavy atom. The zero-order valence-corrected chi connectivity index (χ0v) is 28.8. The molecule has 4 atom stereocenters. The van der Waals surface area contributed by atoms with Crippen LogP contribution in [0.2, 0.25) is 0 Å². The van der Waals surface area contributed by atoms with Crippen molar-refractivity contribution >= 4 is 27.6 Å². The summed E-state index contributed by atoms with van der Waals surface area (Å²) in [5.41, 5.74) is 0.348. The molecule has 2 aromatic carbocycles. The molecule has 0 saturated heterocycles. The van der Waals surface area contributed by atoms with Crippen molar-refractivity contribution in [2.24, 2.45) is 5.92 Å². The molecule has 0 aromatic heterocycles. The number of fused-ring (bicyclic) bond motifs is 1. The van der Waals surface area contributed by atoms with Gasteiger partial charge >= 0.3 is 6.03 Å². The van der Waals surface area contributed by atoms with E-state index in [4.69, 9.17) is 14.2 Å². The number of benzene rings is 2. The molecule has 46 heavy (non-hydrogen) atoms.